The zero-order valence-electron chi connectivity index (χ0n) is 14.8. The fourth-order valence-corrected chi connectivity index (χ4v) is 3.48. The molecule has 0 spiro atoms. The summed E-state index contributed by atoms with van der Waals surface area (Å²) in [4.78, 5) is 29.0. The predicted octanol–water partition coefficient (Wildman–Crippen LogP) is 1.65. The third-order valence-electron chi connectivity index (χ3n) is 5.02. The summed E-state index contributed by atoms with van der Waals surface area (Å²) in [6.07, 6.45) is 2.79. The van der Waals surface area contributed by atoms with Crippen LogP contribution in [0.3, 0.4) is 0 Å². The zero-order chi connectivity index (χ0) is 17.6. The van der Waals surface area contributed by atoms with Crippen LogP contribution in [0.15, 0.2) is 30.3 Å². The maximum absolute atomic E-state index is 13.0. The highest BCUT2D eigenvalue weighted by atomic mass is 16.6. The first-order valence-electron chi connectivity index (χ1n) is 9.10. The number of rotatable bonds is 5. The van der Waals surface area contributed by atoms with Crippen LogP contribution >= 0.6 is 0 Å². The van der Waals surface area contributed by atoms with Gasteiger partial charge in [0.05, 0.1) is 6.61 Å². The SMILES string of the molecule is CN1CCC(NC(=O)C(Cc2ccccc2)N2CCCOC2=O)CC1. The van der Waals surface area contributed by atoms with Crippen molar-refractivity contribution in [1.29, 1.82) is 0 Å². The minimum absolute atomic E-state index is 0.0720. The van der Waals surface area contributed by atoms with Gasteiger partial charge in [0.1, 0.15) is 6.04 Å². The Morgan fingerprint density at radius 1 is 1.24 bits per heavy atom. The molecule has 2 amide bonds. The first-order chi connectivity index (χ1) is 12.1. The molecule has 25 heavy (non-hydrogen) atoms. The Bertz CT molecular complexity index is 585. The molecule has 6 nitrogen and oxygen atoms in total. The van der Waals surface area contributed by atoms with Gasteiger partial charge in [-0.2, -0.15) is 0 Å². The summed E-state index contributed by atoms with van der Waals surface area (Å²) in [5, 5.41) is 3.16. The molecule has 2 heterocycles. The van der Waals surface area contributed by atoms with E-state index in [0.29, 0.717) is 19.6 Å². The zero-order valence-corrected chi connectivity index (χ0v) is 14.8. The number of cyclic esters (lactones) is 1. The topological polar surface area (TPSA) is 61.9 Å². The van der Waals surface area contributed by atoms with E-state index in [4.69, 9.17) is 4.74 Å². The molecule has 0 aromatic heterocycles. The van der Waals surface area contributed by atoms with Crippen LogP contribution in [0.1, 0.15) is 24.8 Å². The van der Waals surface area contributed by atoms with E-state index in [0.717, 1.165) is 37.9 Å². The second kappa shape index (κ2) is 8.34. The van der Waals surface area contributed by atoms with Gasteiger partial charge in [-0.05, 0) is 45.0 Å². The molecule has 1 atom stereocenters. The quantitative estimate of drug-likeness (QED) is 0.881. The summed E-state index contributed by atoms with van der Waals surface area (Å²) in [6, 6.07) is 9.51. The molecule has 6 heteroatoms. The number of nitrogens with zero attached hydrogens (tertiary/aromatic N) is 2. The Hall–Kier alpha value is -2.08. The molecule has 2 aliphatic rings. The Balaban J connectivity index is 1.70. The van der Waals surface area contributed by atoms with Gasteiger partial charge in [-0.25, -0.2) is 4.79 Å². The number of piperidine rings is 1. The summed E-state index contributed by atoms with van der Waals surface area (Å²) in [7, 11) is 2.10. The number of nitrogens with one attached hydrogen (secondary N) is 1. The summed E-state index contributed by atoms with van der Waals surface area (Å²) in [6.45, 7) is 2.97. The average molecular weight is 345 g/mol. The molecule has 1 aromatic carbocycles. The van der Waals surface area contributed by atoms with E-state index >= 15 is 0 Å². The van der Waals surface area contributed by atoms with Gasteiger partial charge in [0.25, 0.3) is 0 Å². The molecule has 1 N–H and O–H groups in total. The van der Waals surface area contributed by atoms with Crippen molar-refractivity contribution in [3.05, 3.63) is 35.9 Å². The van der Waals surface area contributed by atoms with E-state index < -0.39 is 6.04 Å². The van der Waals surface area contributed by atoms with Crippen LogP contribution in [0.25, 0.3) is 0 Å². The first kappa shape index (κ1) is 17.7. The second-order valence-electron chi connectivity index (χ2n) is 6.95. The monoisotopic (exact) mass is 345 g/mol. The maximum Gasteiger partial charge on any atom is 0.410 e. The Labute approximate surface area is 149 Å². The highest BCUT2D eigenvalue weighted by Gasteiger charge is 2.34. The van der Waals surface area contributed by atoms with Gasteiger partial charge >= 0.3 is 6.09 Å². The average Bonchev–Trinajstić information content (AvgIpc) is 2.63. The lowest BCUT2D eigenvalue weighted by atomic mass is 10.0. The van der Waals surface area contributed by atoms with Crippen LogP contribution in [0.4, 0.5) is 4.79 Å². The largest absolute Gasteiger partial charge is 0.449 e. The van der Waals surface area contributed by atoms with Crippen molar-refractivity contribution < 1.29 is 14.3 Å². The molecular formula is C19H27N3O3. The van der Waals surface area contributed by atoms with Crippen molar-refractivity contribution in [2.24, 2.45) is 0 Å². The van der Waals surface area contributed by atoms with Crippen LogP contribution in [-0.2, 0) is 16.0 Å². The molecule has 136 valence electrons. The number of likely N-dealkylation sites (tertiary alicyclic amines) is 1. The molecule has 2 saturated heterocycles. The second-order valence-corrected chi connectivity index (χ2v) is 6.95. The highest BCUT2D eigenvalue weighted by Crippen LogP contribution is 2.16. The predicted molar refractivity (Wildman–Crippen MR) is 95.3 cm³/mol. The van der Waals surface area contributed by atoms with Crippen molar-refractivity contribution in [3.8, 4) is 0 Å². The van der Waals surface area contributed by atoms with Gasteiger partial charge in [-0.3, -0.25) is 9.69 Å². The van der Waals surface area contributed by atoms with E-state index in [1.807, 2.05) is 30.3 Å². The third kappa shape index (κ3) is 4.72. The molecule has 1 aromatic rings. The minimum atomic E-state index is -0.519. The number of hydrogen-bond donors (Lipinski definition) is 1. The van der Waals surface area contributed by atoms with Crippen LogP contribution in [0.2, 0.25) is 0 Å². The fraction of sp³-hybridized carbons (Fsp3) is 0.579. The number of ether oxygens (including phenoxy) is 1. The standard InChI is InChI=1S/C19H27N3O3/c1-21-11-8-16(9-12-21)20-18(23)17(14-15-6-3-2-4-7-15)22-10-5-13-25-19(22)24/h2-4,6-7,16-17H,5,8-14H2,1H3,(H,20,23). The lowest BCUT2D eigenvalue weighted by molar-refractivity contribution is -0.127. The van der Waals surface area contributed by atoms with Gasteiger partial charge in [0.2, 0.25) is 5.91 Å². The van der Waals surface area contributed by atoms with Crippen LogP contribution in [0.5, 0.6) is 0 Å². The number of hydrogen-bond acceptors (Lipinski definition) is 4. The first-order valence-corrected chi connectivity index (χ1v) is 9.10. The van der Waals surface area contributed by atoms with Gasteiger partial charge < -0.3 is 15.0 Å². The molecule has 0 bridgehead atoms. The van der Waals surface area contributed by atoms with Gasteiger partial charge in [0, 0.05) is 19.0 Å². The minimum Gasteiger partial charge on any atom is -0.449 e. The van der Waals surface area contributed by atoms with Crippen molar-refractivity contribution in [3.63, 3.8) is 0 Å². The summed E-state index contributed by atoms with van der Waals surface area (Å²) in [5.74, 6) is -0.0720. The van der Waals surface area contributed by atoms with Gasteiger partial charge in [0.15, 0.2) is 0 Å². The van der Waals surface area contributed by atoms with Gasteiger partial charge in [-0.1, -0.05) is 30.3 Å². The van der Waals surface area contributed by atoms with E-state index in [1.165, 1.54) is 0 Å². The summed E-state index contributed by atoms with van der Waals surface area (Å²) < 4.78 is 5.16. The highest BCUT2D eigenvalue weighted by molar-refractivity contribution is 5.86. The van der Waals surface area contributed by atoms with Crippen LogP contribution in [-0.4, -0.2) is 67.2 Å². The number of amides is 2. The maximum atomic E-state index is 13.0. The fourth-order valence-electron chi connectivity index (χ4n) is 3.48. The smallest absolute Gasteiger partial charge is 0.410 e. The molecule has 0 radical (unpaired) electrons. The summed E-state index contributed by atoms with van der Waals surface area (Å²) in [5.41, 5.74) is 1.05. The molecule has 0 saturated carbocycles. The summed E-state index contributed by atoms with van der Waals surface area (Å²) >= 11 is 0. The Morgan fingerprint density at radius 2 is 1.96 bits per heavy atom. The van der Waals surface area contributed by atoms with E-state index in [1.54, 1.807) is 4.90 Å². The molecule has 1 unspecified atom stereocenters. The van der Waals surface area contributed by atoms with Crippen molar-refractivity contribution in [2.45, 2.75) is 37.8 Å². The normalized spacial score (nSPS) is 20.8. The third-order valence-corrected chi connectivity index (χ3v) is 5.02. The van der Waals surface area contributed by atoms with Crippen LogP contribution in [0, 0.1) is 0 Å². The molecule has 0 aliphatic carbocycles. The number of carbonyl (C=O) groups is 2. The molecular weight excluding hydrogens is 318 g/mol. The van der Waals surface area contributed by atoms with E-state index in [-0.39, 0.29) is 18.0 Å². The molecule has 2 aliphatic heterocycles. The van der Waals surface area contributed by atoms with Crippen molar-refractivity contribution in [2.75, 3.05) is 33.3 Å². The number of carbonyl (C=O) groups excluding carboxylic acids is 2. The lowest BCUT2D eigenvalue weighted by Gasteiger charge is -2.35. The number of benzene rings is 1. The molecule has 2 fully saturated rings. The van der Waals surface area contributed by atoms with Gasteiger partial charge in [-0.15, -0.1) is 0 Å². The Morgan fingerprint density at radius 3 is 2.64 bits per heavy atom. The Kier molecular flexibility index (Phi) is 5.91. The van der Waals surface area contributed by atoms with Crippen molar-refractivity contribution >= 4 is 12.0 Å². The van der Waals surface area contributed by atoms with E-state index in [2.05, 4.69) is 17.3 Å². The van der Waals surface area contributed by atoms with Crippen molar-refractivity contribution in [1.82, 2.24) is 15.1 Å². The lowest BCUT2D eigenvalue weighted by Crippen LogP contribution is -2.55. The van der Waals surface area contributed by atoms with E-state index in [9.17, 15) is 9.59 Å². The molecule has 3 rings (SSSR count). The van der Waals surface area contributed by atoms with Crippen LogP contribution < -0.4 is 5.32 Å².